The van der Waals surface area contributed by atoms with Gasteiger partial charge in [0.1, 0.15) is 5.76 Å². The number of hydrogen-bond donors (Lipinski definition) is 2. The van der Waals surface area contributed by atoms with Crippen molar-refractivity contribution in [2.45, 2.75) is 6.92 Å². The summed E-state index contributed by atoms with van der Waals surface area (Å²) in [5.41, 5.74) is 9.67. The Kier molecular flexibility index (Phi) is 2.09. The molecule has 0 saturated carbocycles. The highest BCUT2D eigenvalue weighted by Gasteiger charge is 1.98. The van der Waals surface area contributed by atoms with Crippen LogP contribution >= 0.6 is 0 Å². The van der Waals surface area contributed by atoms with E-state index in [2.05, 4.69) is 9.98 Å². The lowest BCUT2D eigenvalue weighted by Crippen LogP contribution is -2.22. The maximum atomic E-state index is 10.8. The van der Waals surface area contributed by atoms with E-state index in [4.69, 9.17) is 15.9 Å². The van der Waals surface area contributed by atoms with Gasteiger partial charge in [-0.2, -0.15) is 9.98 Å². The van der Waals surface area contributed by atoms with Gasteiger partial charge in [-0.15, -0.1) is 0 Å². The molecule has 0 unspecified atom stereocenters. The molecule has 1 aromatic heterocycles. The van der Waals surface area contributed by atoms with Crippen molar-refractivity contribution in [3.63, 3.8) is 0 Å². The monoisotopic (exact) mass is 168 g/mol. The second-order valence-electron chi connectivity index (χ2n) is 2.13. The van der Waals surface area contributed by atoms with Crippen LogP contribution in [-0.4, -0.2) is 10.9 Å². The Morgan fingerprint density at radius 1 is 1.67 bits per heavy atom. The molecule has 0 aliphatic rings. The van der Waals surface area contributed by atoms with Gasteiger partial charge in [-0.3, -0.25) is 4.79 Å². The standard InChI is InChI=1S/C6H8N4O2/c1-3-2-4(11)9-6(12-3)10-5(7)8/h2H,1H3,(H4,7,8,9,10,11). The highest BCUT2D eigenvalue weighted by atomic mass is 16.4. The number of guanidine groups is 1. The third kappa shape index (κ3) is 2.08. The zero-order valence-corrected chi connectivity index (χ0v) is 6.44. The SMILES string of the molecule is Cc1cc(=O)nc(N=C(N)N)o1. The van der Waals surface area contributed by atoms with Crippen molar-refractivity contribution in [3.05, 3.63) is 22.2 Å². The highest BCUT2D eigenvalue weighted by Crippen LogP contribution is 2.05. The molecule has 0 aliphatic carbocycles. The molecule has 0 amide bonds. The molecule has 0 bridgehead atoms. The molecule has 4 N–H and O–H groups in total. The minimum Gasteiger partial charge on any atom is -0.429 e. The fraction of sp³-hybridized carbons (Fsp3) is 0.167. The van der Waals surface area contributed by atoms with E-state index in [9.17, 15) is 4.79 Å². The van der Waals surface area contributed by atoms with Crippen LogP contribution in [0.2, 0.25) is 0 Å². The fourth-order valence-corrected chi connectivity index (χ4v) is 0.655. The van der Waals surface area contributed by atoms with E-state index in [1.165, 1.54) is 6.07 Å². The number of nitrogens with two attached hydrogens (primary N) is 2. The van der Waals surface area contributed by atoms with Crippen LogP contribution in [-0.2, 0) is 0 Å². The lowest BCUT2D eigenvalue weighted by Gasteiger charge is -1.93. The molecule has 1 heterocycles. The summed E-state index contributed by atoms with van der Waals surface area (Å²) in [5, 5.41) is 0. The Morgan fingerprint density at radius 2 is 2.33 bits per heavy atom. The summed E-state index contributed by atoms with van der Waals surface area (Å²) < 4.78 is 4.91. The first-order valence-electron chi connectivity index (χ1n) is 3.16. The summed E-state index contributed by atoms with van der Waals surface area (Å²) in [7, 11) is 0. The molecule has 0 aliphatic heterocycles. The van der Waals surface area contributed by atoms with Gasteiger partial charge in [0.25, 0.3) is 5.56 Å². The fourth-order valence-electron chi connectivity index (χ4n) is 0.655. The Hall–Kier alpha value is -1.85. The predicted octanol–water partition coefficient (Wildman–Crippen LogP) is -0.752. The van der Waals surface area contributed by atoms with E-state index in [1.807, 2.05) is 0 Å². The van der Waals surface area contributed by atoms with E-state index >= 15 is 0 Å². The first-order valence-corrected chi connectivity index (χ1v) is 3.16. The number of hydrogen-bond acceptors (Lipinski definition) is 4. The van der Waals surface area contributed by atoms with Gasteiger partial charge in [-0.1, -0.05) is 0 Å². The van der Waals surface area contributed by atoms with Crippen LogP contribution in [0.1, 0.15) is 5.76 Å². The normalized spacial score (nSPS) is 9.42. The van der Waals surface area contributed by atoms with Crippen LogP contribution in [0.15, 0.2) is 20.3 Å². The number of rotatable bonds is 1. The molecule has 0 aromatic carbocycles. The topological polar surface area (TPSA) is 108 Å². The van der Waals surface area contributed by atoms with Crippen molar-refractivity contribution in [2.75, 3.05) is 0 Å². The van der Waals surface area contributed by atoms with E-state index < -0.39 is 5.56 Å². The van der Waals surface area contributed by atoms with Crippen molar-refractivity contribution in [1.82, 2.24) is 4.98 Å². The van der Waals surface area contributed by atoms with Gasteiger partial charge in [0.2, 0.25) is 0 Å². The molecular weight excluding hydrogens is 160 g/mol. The van der Waals surface area contributed by atoms with Crippen molar-refractivity contribution in [1.29, 1.82) is 0 Å². The van der Waals surface area contributed by atoms with Gasteiger partial charge < -0.3 is 15.9 Å². The molecule has 1 rings (SSSR count). The first-order chi connectivity index (χ1) is 5.58. The van der Waals surface area contributed by atoms with Crippen LogP contribution < -0.4 is 17.0 Å². The van der Waals surface area contributed by atoms with E-state index in [1.54, 1.807) is 6.92 Å². The Morgan fingerprint density at radius 3 is 2.83 bits per heavy atom. The molecule has 6 heteroatoms. The minimum absolute atomic E-state index is 0.125. The van der Waals surface area contributed by atoms with Gasteiger partial charge in [0.05, 0.1) is 0 Å². The molecule has 6 nitrogen and oxygen atoms in total. The third-order valence-corrected chi connectivity index (χ3v) is 1.01. The third-order valence-electron chi connectivity index (χ3n) is 1.01. The van der Waals surface area contributed by atoms with Crippen molar-refractivity contribution in [3.8, 4) is 0 Å². The summed E-state index contributed by atoms with van der Waals surface area (Å²) in [6, 6.07) is 1.12. The number of aromatic nitrogens is 1. The zero-order valence-electron chi connectivity index (χ0n) is 6.44. The quantitative estimate of drug-likeness (QED) is 0.423. The van der Waals surface area contributed by atoms with E-state index in [-0.39, 0.29) is 12.0 Å². The molecule has 1 aromatic rings. The lowest BCUT2D eigenvalue weighted by molar-refractivity contribution is 0.505. The molecular formula is C6H8N4O2. The molecule has 0 atom stereocenters. The maximum Gasteiger partial charge on any atom is 0.328 e. The molecule has 0 spiro atoms. The average molecular weight is 168 g/mol. The van der Waals surface area contributed by atoms with Gasteiger partial charge >= 0.3 is 6.01 Å². The van der Waals surface area contributed by atoms with Crippen LogP contribution in [0.3, 0.4) is 0 Å². The van der Waals surface area contributed by atoms with Crippen LogP contribution in [0.4, 0.5) is 6.01 Å². The number of aryl methyl sites for hydroxylation is 1. The lowest BCUT2D eigenvalue weighted by atomic mass is 10.5. The summed E-state index contributed by atoms with van der Waals surface area (Å²) in [6.45, 7) is 1.61. The summed E-state index contributed by atoms with van der Waals surface area (Å²) in [5.74, 6) is 0.214. The van der Waals surface area contributed by atoms with Crippen molar-refractivity contribution >= 4 is 12.0 Å². The van der Waals surface area contributed by atoms with Crippen LogP contribution in [0, 0.1) is 6.92 Å². The Labute approximate surface area is 67.9 Å². The number of nitrogens with zero attached hydrogens (tertiary/aromatic N) is 2. The minimum atomic E-state index is -0.432. The second kappa shape index (κ2) is 3.04. The molecule has 0 fully saturated rings. The van der Waals surface area contributed by atoms with E-state index in [0.717, 1.165) is 0 Å². The largest absolute Gasteiger partial charge is 0.429 e. The van der Waals surface area contributed by atoms with Gasteiger partial charge in [-0.25, -0.2) is 0 Å². The molecule has 0 radical (unpaired) electrons. The maximum absolute atomic E-state index is 10.8. The van der Waals surface area contributed by atoms with Crippen LogP contribution in [0.25, 0.3) is 0 Å². The van der Waals surface area contributed by atoms with Gasteiger partial charge in [-0.05, 0) is 6.92 Å². The van der Waals surface area contributed by atoms with Crippen LogP contribution in [0.5, 0.6) is 0 Å². The van der Waals surface area contributed by atoms with E-state index in [0.29, 0.717) is 5.76 Å². The summed E-state index contributed by atoms with van der Waals surface area (Å²) in [6.07, 6.45) is 0. The molecule has 0 saturated heterocycles. The van der Waals surface area contributed by atoms with Gasteiger partial charge in [0.15, 0.2) is 5.96 Å². The smallest absolute Gasteiger partial charge is 0.328 e. The second-order valence-corrected chi connectivity index (χ2v) is 2.13. The molecule has 64 valence electrons. The first kappa shape index (κ1) is 8.25. The molecule has 12 heavy (non-hydrogen) atoms. The average Bonchev–Trinajstić information content (AvgIpc) is 1.81. The van der Waals surface area contributed by atoms with Crippen molar-refractivity contribution < 1.29 is 4.42 Å². The van der Waals surface area contributed by atoms with Crippen molar-refractivity contribution in [2.24, 2.45) is 16.5 Å². The predicted molar refractivity (Wildman–Crippen MR) is 43.0 cm³/mol. The highest BCUT2D eigenvalue weighted by molar-refractivity contribution is 5.77. The van der Waals surface area contributed by atoms with Gasteiger partial charge in [0, 0.05) is 6.07 Å². The Bertz CT molecular complexity index is 364. The summed E-state index contributed by atoms with van der Waals surface area (Å²) in [4.78, 5) is 17.7. The zero-order chi connectivity index (χ0) is 9.14. The summed E-state index contributed by atoms with van der Waals surface area (Å²) >= 11 is 0. The number of aliphatic imine (C=N–C) groups is 1. The Balaban J connectivity index is 3.18.